The summed E-state index contributed by atoms with van der Waals surface area (Å²) in [6, 6.07) is 2.68. The third kappa shape index (κ3) is 6.76. The molecule has 1 aromatic carbocycles. The maximum atomic E-state index is 14.3. The lowest BCUT2D eigenvalue weighted by atomic mass is 9.92. The van der Waals surface area contributed by atoms with Crippen LogP contribution in [0.5, 0.6) is 0 Å². The zero-order valence-electron chi connectivity index (χ0n) is 26.0. The molecule has 3 fully saturated rings. The fraction of sp³-hybridized carbons (Fsp3) is 0.618. The Labute approximate surface area is 267 Å². The number of rotatable bonds is 4. The molecular weight excluding hydrogens is 597 g/mol. The van der Waals surface area contributed by atoms with Gasteiger partial charge in [-0.2, -0.15) is 0 Å². The van der Waals surface area contributed by atoms with Gasteiger partial charge in [-0.1, -0.05) is 37.1 Å². The van der Waals surface area contributed by atoms with Gasteiger partial charge in [-0.25, -0.2) is 14.0 Å². The second-order valence-corrected chi connectivity index (χ2v) is 13.5. The van der Waals surface area contributed by atoms with Crippen LogP contribution in [0, 0.1) is 17.2 Å². The van der Waals surface area contributed by atoms with Crippen LogP contribution in [0.2, 0.25) is 0 Å². The van der Waals surface area contributed by atoms with E-state index < -0.39 is 59.3 Å². The summed E-state index contributed by atoms with van der Waals surface area (Å²) in [6.45, 7) is 0.133. The number of alkyl carbamates (subject to hydrolysis) is 1. The standard InChI is InChI=1S/C34H42FN3O8/c35-26-13-8-9-21-18-37(20-25(21)26)33(44)46-24-15-28-29(39)17-34(31(41)42)16-22(34)10-4-2-1-3-5-14-27(30(40)38(28)19-24)36-32(43)45-23-11-6-7-12-23/h4,8-10,13,22-24,27-28H,1-3,5-7,11-12,14-20H2,(H,36,43)(H,41,42)/b10-4-/t22-,24-,27+,28+,34-/m1/s1. The summed E-state index contributed by atoms with van der Waals surface area (Å²) in [4.78, 5) is 69.2. The van der Waals surface area contributed by atoms with Crippen molar-refractivity contribution < 1.29 is 42.9 Å². The number of fused-ring (bicyclic) bond motifs is 3. The Kier molecular flexibility index (Phi) is 9.33. The van der Waals surface area contributed by atoms with E-state index in [4.69, 9.17) is 9.47 Å². The van der Waals surface area contributed by atoms with Crippen LogP contribution < -0.4 is 5.32 Å². The predicted molar refractivity (Wildman–Crippen MR) is 162 cm³/mol. The SMILES string of the molecule is O=C(N[C@H]1CCCCC/C=C\[C@@H]2C[C@@]2(C(=O)O)CC(=O)[C@@H]2C[C@@H](OC(=O)N3Cc4cccc(F)c4C3)CN2C1=O)OC1CCCC1. The number of carboxylic acid groups (broad SMARTS) is 1. The van der Waals surface area contributed by atoms with Crippen molar-refractivity contribution in [2.24, 2.45) is 11.3 Å². The lowest BCUT2D eigenvalue weighted by Gasteiger charge is -2.29. The Morgan fingerprint density at radius 2 is 1.76 bits per heavy atom. The highest BCUT2D eigenvalue weighted by atomic mass is 19.1. The third-order valence-corrected chi connectivity index (χ3v) is 10.3. The monoisotopic (exact) mass is 639 g/mol. The van der Waals surface area contributed by atoms with Crippen LogP contribution in [0.1, 0.15) is 88.2 Å². The van der Waals surface area contributed by atoms with Crippen molar-refractivity contribution in [3.63, 3.8) is 0 Å². The lowest BCUT2D eigenvalue weighted by Crippen LogP contribution is -2.52. The number of halogens is 1. The highest BCUT2D eigenvalue weighted by Gasteiger charge is 2.61. The van der Waals surface area contributed by atoms with Gasteiger partial charge >= 0.3 is 18.2 Å². The maximum absolute atomic E-state index is 14.3. The zero-order chi connectivity index (χ0) is 32.4. The van der Waals surface area contributed by atoms with E-state index in [0.717, 1.165) is 44.9 Å². The molecule has 1 saturated heterocycles. The van der Waals surface area contributed by atoms with Gasteiger partial charge in [-0.3, -0.25) is 19.3 Å². The highest BCUT2D eigenvalue weighted by Crippen LogP contribution is 2.57. The molecule has 2 saturated carbocycles. The molecule has 5 atom stereocenters. The van der Waals surface area contributed by atoms with Crippen LogP contribution in [0.15, 0.2) is 30.4 Å². The van der Waals surface area contributed by atoms with Gasteiger partial charge in [0.25, 0.3) is 0 Å². The first-order chi connectivity index (χ1) is 22.1. The van der Waals surface area contributed by atoms with Crippen LogP contribution in [0.25, 0.3) is 0 Å². The first-order valence-electron chi connectivity index (χ1n) is 16.6. The summed E-state index contributed by atoms with van der Waals surface area (Å²) < 4.78 is 25.7. The average Bonchev–Trinajstić information content (AvgIpc) is 3.45. The van der Waals surface area contributed by atoms with Gasteiger partial charge in [-0.05, 0) is 68.9 Å². The highest BCUT2D eigenvalue weighted by molar-refractivity contribution is 5.96. The van der Waals surface area contributed by atoms with Crippen molar-refractivity contribution in [3.05, 3.63) is 47.3 Å². The van der Waals surface area contributed by atoms with Crippen LogP contribution in [0.4, 0.5) is 14.0 Å². The number of amides is 3. The van der Waals surface area contributed by atoms with Crippen LogP contribution in [-0.4, -0.2) is 75.6 Å². The number of hydrogen-bond acceptors (Lipinski definition) is 7. The molecule has 1 aromatic rings. The number of ketones is 1. The molecule has 0 unspecified atom stereocenters. The van der Waals surface area contributed by atoms with E-state index in [1.165, 1.54) is 15.9 Å². The van der Waals surface area contributed by atoms with Crippen molar-refractivity contribution >= 4 is 29.8 Å². The molecule has 0 bridgehead atoms. The molecule has 12 heteroatoms. The number of allylic oxidation sites excluding steroid dienone is 2. The molecule has 3 amide bonds. The number of aliphatic carboxylic acids is 1. The lowest BCUT2D eigenvalue weighted by molar-refractivity contribution is -0.147. The van der Waals surface area contributed by atoms with E-state index in [-0.39, 0.29) is 44.5 Å². The minimum absolute atomic E-state index is 0.000901. The van der Waals surface area contributed by atoms with E-state index in [1.54, 1.807) is 12.1 Å². The van der Waals surface area contributed by atoms with Crippen molar-refractivity contribution in [3.8, 4) is 0 Å². The number of carbonyl (C=O) groups excluding carboxylic acids is 4. The van der Waals surface area contributed by atoms with Crippen molar-refractivity contribution in [1.82, 2.24) is 15.1 Å². The Morgan fingerprint density at radius 1 is 0.978 bits per heavy atom. The normalized spacial score (nSPS) is 30.8. The number of ether oxygens (including phenoxy) is 2. The Morgan fingerprint density at radius 3 is 2.52 bits per heavy atom. The molecule has 248 valence electrons. The predicted octanol–water partition coefficient (Wildman–Crippen LogP) is 4.86. The number of benzene rings is 1. The summed E-state index contributed by atoms with van der Waals surface area (Å²) in [6.07, 6.45) is 8.41. The molecule has 11 nitrogen and oxygen atoms in total. The second kappa shape index (κ2) is 13.4. The summed E-state index contributed by atoms with van der Waals surface area (Å²) in [5.41, 5.74) is -0.119. The summed E-state index contributed by atoms with van der Waals surface area (Å²) in [7, 11) is 0. The molecule has 0 aromatic heterocycles. The molecule has 0 spiro atoms. The van der Waals surface area contributed by atoms with Crippen LogP contribution in [0.3, 0.4) is 0 Å². The Hall–Kier alpha value is -3.96. The van der Waals surface area contributed by atoms with Gasteiger partial charge in [0, 0.05) is 24.9 Å². The van der Waals surface area contributed by atoms with E-state index in [1.807, 2.05) is 12.2 Å². The first-order valence-corrected chi connectivity index (χ1v) is 16.6. The second-order valence-electron chi connectivity index (χ2n) is 13.5. The van der Waals surface area contributed by atoms with Gasteiger partial charge in [0.1, 0.15) is 24.1 Å². The average molecular weight is 640 g/mol. The van der Waals surface area contributed by atoms with Gasteiger partial charge < -0.3 is 24.8 Å². The fourth-order valence-corrected chi connectivity index (χ4v) is 7.54. The van der Waals surface area contributed by atoms with E-state index >= 15 is 0 Å². The minimum atomic E-state index is -1.23. The van der Waals surface area contributed by atoms with E-state index in [9.17, 15) is 33.5 Å². The summed E-state index contributed by atoms with van der Waals surface area (Å²) >= 11 is 0. The number of Topliss-reactive ketones (excluding diaryl/α,β-unsaturated/α-hetero) is 1. The van der Waals surface area contributed by atoms with E-state index in [2.05, 4.69) is 5.32 Å². The van der Waals surface area contributed by atoms with Gasteiger partial charge in [0.2, 0.25) is 5.91 Å². The summed E-state index contributed by atoms with van der Waals surface area (Å²) in [5.74, 6) is -2.62. The van der Waals surface area contributed by atoms with Crippen LogP contribution >= 0.6 is 0 Å². The molecule has 3 heterocycles. The van der Waals surface area contributed by atoms with Gasteiger partial charge in [0.05, 0.1) is 24.5 Å². The maximum Gasteiger partial charge on any atom is 0.410 e. The van der Waals surface area contributed by atoms with Gasteiger partial charge in [-0.15, -0.1) is 0 Å². The largest absolute Gasteiger partial charge is 0.481 e. The molecule has 2 N–H and O–H groups in total. The number of nitrogens with one attached hydrogen (secondary N) is 1. The molecule has 46 heavy (non-hydrogen) atoms. The molecule has 3 aliphatic heterocycles. The van der Waals surface area contributed by atoms with Crippen molar-refractivity contribution in [2.45, 2.75) is 114 Å². The van der Waals surface area contributed by atoms with Crippen LogP contribution in [-0.2, 0) is 36.9 Å². The van der Waals surface area contributed by atoms with Crippen molar-refractivity contribution in [2.75, 3.05) is 6.54 Å². The summed E-state index contributed by atoms with van der Waals surface area (Å²) in [5, 5.41) is 12.9. The quantitative estimate of drug-likeness (QED) is 0.445. The smallest absolute Gasteiger partial charge is 0.410 e. The first kappa shape index (κ1) is 32.0. The Balaban J connectivity index is 1.21. The molecule has 2 aliphatic carbocycles. The topological polar surface area (TPSA) is 143 Å². The van der Waals surface area contributed by atoms with Crippen molar-refractivity contribution in [1.29, 1.82) is 0 Å². The minimum Gasteiger partial charge on any atom is -0.481 e. The zero-order valence-corrected chi connectivity index (χ0v) is 26.0. The molecule has 5 aliphatic rings. The van der Waals surface area contributed by atoms with Gasteiger partial charge in [0.15, 0.2) is 5.78 Å². The molecular formula is C34H42FN3O8. The Bertz CT molecular complexity index is 1410. The number of carbonyl (C=O) groups is 5. The fourth-order valence-electron chi connectivity index (χ4n) is 7.54. The third-order valence-electron chi connectivity index (χ3n) is 10.3. The molecule has 0 radical (unpaired) electrons. The molecule has 6 rings (SSSR count). The number of hydrogen-bond donors (Lipinski definition) is 2. The number of carboxylic acids is 1. The number of nitrogens with zero attached hydrogens (tertiary/aromatic N) is 2. The van der Waals surface area contributed by atoms with E-state index in [0.29, 0.717) is 30.4 Å².